The smallest absolute Gasteiger partial charge is 0.243 e. The molecule has 0 aromatic heterocycles. The van der Waals surface area contributed by atoms with Crippen molar-refractivity contribution in [3.05, 3.63) is 46.9 Å². The van der Waals surface area contributed by atoms with Gasteiger partial charge >= 0.3 is 0 Å². The van der Waals surface area contributed by atoms with Crippen molar-refractivity contribution in [2.75, 3.05) is 35.6 Å². The maximum absolute atomic E-state index is 12.3. The minimum Gasteiger partial charge on any atom is -0.489 e. The molecule has 3 rings (SSSR count). The average molecular weight is 362 g/mol. The highest BCUT2D eigenvalue weighted by atomic mass is 79.9. The molecule has 0 saturated heterocycles. The third kappa shape index (κ3) is 3.17. The van der Waals surface area contributed by atoms with Gasteiger partial charge in [0.1, 0.15) is 12.4 Å². The standard InChI is InChI=1S/C16H16BrN3O2/c17-12-3-1-2-4-13(12)19-16(21)10-20-7-8-22-15-9-11(18)5-6-14(15)20/h1-6,9H,7-8,10,18H2,(H,19,21). The van der Waals surface area contributed by atoms with Crippen LogP contribution in [0.2, 0.25) is 0 Å². The first kappa shape index (κ1) is 14.7. The van der Waals surface area contributed by atoms with Crippen LogP contribution in [-0.4, -0.2) is 25.6 Å². The molecule has 0 radical (unpaired) electrons. The SMILES string of the molecule is Nc1ccc2c(c1)OCCN2CC(=O)Nc1ccccc1Br. The number of nitrogens with two attached hydrogens (primary N) is 1. The molecule has 0 atom stereocenters. The summed E-state index contributed by atoms with van der Waals surface area (Å²) < 4.78 is 6.45. The molecular weight excluding hydrogens is 346 g/mol. The van der Waals surface area contributed by atoms with E-state index in [4.69, 9.17) is 10.5 Å². The molecule has 1 heterocycles. The molecule has 1 amide bonds. The zero-order chi connectivity index (χ0) is 15.5. The lowest BCUT2D eigenvalue weighted by Crippen LogP contribution is -2.38. The van der Waals surface area contributed by atoms with Crippen molar-refractivity contribution in [2.45, 2.75) is 0 Å². The van der Waals surface area contributed by atoms with E-state index < -0.39 is 0 Å². The minimum atomic E-state index is -0.0726. The molecule has 2 aromatic rings. The summed E-state index contributed by atoms with van der Waals surface area (Å²) in [6.07, 6.45) is 0. The Morgan fingerprint density at radius 1 is 1.32 bits per heavy atom. The lowest BCUT2D eigenvalue weighted by atomic mass is 10.2. The van der Waals surface area contributed by atoms with Crippen LogP contribution in [0.15, 0.2) is 46.9 Å². The lowest BCUT2D eigenvalue weighted by Gasteiger charge is -2.30. The number of nitrogens with zero attached hydrogens (tertiary/aromatic N) is 1. The summed E-state index contributed by atoms with van der Waals surface area (Å²) in [6.45, 7) is 1.47. The van der Waals surface area contributed by atoms with Gasteiger partial charge in [-0.2, -0.15) is 0 Å². The summed E-state index contributed by atoms with van der Waals surface area (Å²) in [5, 5.41) is 2.91. The summed E-state index contributed by atoms with van der Waals surface area (Å²) in [4.78, 5) is 14.3. The highest BCUT2D eigenvalue weighted by Crippen LogP contribution is 2.33. The predicted molar refractivity (Wildman–Crippen MR) is 91.3 cm³/mol. The average Bonchev–Trinajstić information content (AvgIpc) is 2.49. The molecule has 22 heavy (non-hydrogen) atoms. The number of anilines is 3. The lowest BCUT2D eigenvalue weighted by molar-refractivity contribution is -0.115. The Morgan fingerprint density at radius 3 is 2.95 bits per heavy atom. The zero-order valence-electron chi connectivity index (χ0n) is 11.9. The van der Waals surface area contributed by atoms with Crippen LogP contribution < -0.4 is 20.7 Å². The predicted octanol–water partition coefficient (Wildman–Crippen LogP) is 2.87. The van der Waals surface area contributed by atoms with Crippen LogP contribution in [0, 0.1) is 0 Å². The molecule has 6 heteroatoms. The fraction of sp³-hybridized carbons (Fsp3) is 0.188. The number of amides is 1. The maximum Gasteiger partial charge on any atom is 0.243 e. The Labute approximate surface area is 137 Å². The maximum atomic E-state index is 12.3. The Kier molecular flexibility index (Phi) is 4.20. The van der Waals surface area contributed by atoms with E-state index in [0.29, 0.717) is 18.8 Å². The van der Waals surface area contributed by atoms with E-state index in [9.17, 15) is 4.79 Å². The van der Waals surface area contributed by atoms with Gasteiger partial charge in [0.05, 0.1) is 24.5 Å². The monoisotopic (exact) mass is 361 g/mol. The van der Waals surface area contributed by atoms with Crippen molar-refractivity contribution in [3.63, 3.8) is 0 Å². The topological polar surface area (TPSA) is 67.6 Å². The van der Waals surface area contributed by atoms with Crippen LogP contribution in [0.5, 0.6) is 5.75 Å². The number of ether oxygens (including phenoxy) is 1. The van der Waals surface area contributed by atoms with Crippen molar-refractivity contribution in [3.8, 4) is 5.75 Å². The van der Waals surface area contributed by atoms with Gasteiger partial charge in [-0.1, -0.05) is 12.1 Å². The second-order valence-corrected chi connectivity index (χ2v) is 5.88. The molecule has 0 saturated carbocycles. The van der Waals surface area contributed by atoms with Crippen LogP contribution in [0.25, 0.3) is 0 Å². The highest BCUT2D eigenvalue weighted by Gasteiger charge is 2.20. The van der Waals surface area contributed by atoms with Gasteiger partial charge in [0.2, 0.25) is 5.91 Å². The number of nitrogens with one attached hydrogen (secondary N) is 1. The zero-order valence-corrected chi connectivity index (χ0v) is 13.5. The molecule has 0 bridgehead atoms. The van der Waals surface area contributed by atoms with E-state index in [1.54, 1.807) is 6.07 Å². The van der Waals surface area contributed by atoms with E-state index in [0.717, 1.165) is 21.6 Å². The van der Waals surface area contributed by atoms with Crippen molar-refractivity contribution < 1.29 is 9.53 Å². The van der Waals surface area contributed by atoms with Crippen LogP contribution >= 0.6 is 15.9 Å². The van der Waals surface area contributed by atoms with Crippen LogP contribution in [0.1, 0.15) is 0 Å². The largest absolute Gasteiger partial charge is 0.489 e. The number of fused-ring (bicyclic) bond motifs is 1. The third-order valence-electron chi connectivity index (χ3n) is 3.43. The van der Waals surface area contributed by atoms with Gasteiger partial charge in [0.15, 0.2) is 0 Å². The Morgan fingerprint density at radius 2 is 2.14 bits per heavy atom. The number of halogens is 1. The Balaban J connectivity index is 1.72. The number of carbonyl (C=O) groups is 1. The Hall–Kier alpha value is -2.21. The molecule has 5 nitrogen and oxygen atoms in total. The van der Waals surface area contributed by atoms with E-state index in [1.807, 2.05) is 41.3 Å². The molecular formula is C16H16BrN3O2. The summed E-state index contributed by atoms with van der Waals surface area (Å²) in [6, 6.07) is 13.0. The second kappa shape index (κ2) is 6.27. The molecule has 0 aliphatic carbocycles. The van der Waals surface area contributed by atoms with E-state index in [1.165, 1.54) is 0 Å². The number of hydrogen-bond acceptors (Lipinski definition) is 4. The van der Waals surface area contributed by atoms with Gasteiger partial charge in [-0.05, 0) is 40.2 Å². The van der Waals surface area contributed by atoms with Gasteiger partial charge in [0, 0.05) is 16.2 Å². The number of rotatable bonds is 3. The second-order valence-electron chi connectivity index (χ2n) is 5.03. The minimum absolute atomic E-state index is 0.0726. The van der Waals surface area contributed by atoms with Crippen LogP contribution in [-0.2, 0) is 4.79 Å². The Bertz CT molecular complexity index is 706. The van der Waals surface area contributed by atoms with E-state index >= 15 is 0 Å². The van der Waals surface area contributed by atoms with Gasteiger partial charge in [-0.15, -0.1) is 0 Å². The first-order valence-corrected chi connectivity index (χ1v) is 7.74. The van der Waals surface area contributed by atoms with Gasteiger partial charge in [-0.3, -0.25) is 4.79 Å². The van der Waals surface area contributed by atoms with Crippen molar-refractivity contribution in [1.82, 2.24) is 0 Å². The number of nitrogen functional groups attached to an aromatic ring is 1. The summed E-state index contributed by atoms with van der Waals surface area (Å²) in [7, 11) is 0. The highest BCUT2D eigenvalue weighted by molar-refractivity contribution is 9.10. The van der Waals surface area contributed by atoms with E-state index in [-0.39, 0.29) is 12.5 Å². The van der Waals surface area contributed by atoms with E-state index in [2.05, 4.69) is 21.2 Å². The van der Waals surface area contributed by atoms with Crippen molar-refractivity contribution in [2.24, 2.45) is 0 Å². The first-order chi connectivity index (χ1) is 10.6. The van der Waals surface area contributed by atoms with Crippen molar-refractivity contribution >= 4 is 38.9 Å². The normalized spacial score (nSPS) is 13.2. The molecule has 0 spiro atoms. The summed E-state index contributed by atoms with van der Waals surface area (Å²) in [5.41, 5.74) is 8.07. The fourth-order valence-electron chi connectivity index (χ4n) is 2.38. The molecule has 2 aromatic carbocycles. The first-order valence-electron chi connectivity index (χ1n) is 6.95. The molecule has 0 fully saturated rings. The molecule has 0 unspecified atom stereocenters. The molecule has 3 N–H and O–H groups in total. The van der Waals surface area contributed by atoms with Crippen molar-refractivity contribution in [1.29, 1.82) is 0 Å². The number of benzene rings is 2. The van der Waals surface area contributed by atoms with Crippen LogP contribution in [0.3, 0.4) is 0 Å². The quantitative estimate of drug-likeness (QED) is 0.824. The van der Waals surface area contributed by atoms with Gasteiger partial charge < -0.3 is 20.7 Å². The summed E-state index contributed by atoms with van der Waals surface area (Å²) in [5.74, 6) is 0.650. The number of para-hydroxylation sites is 1. The fourth-order valence-corrected chi connectivity index (χ4v) is 2.77. The third-order valence-corrected chi connectivity index (χ3v) is 4.12. The summed E-state index contributed by atoms with van der Waals surface area (Å²) >= 11 is 3.42. The molecule has 1 aliphatic heterocycles. The number of carbonyl (C=O) groups excluding carboxylic acids is 1. The molecule has 114 valence electrons. The van der Waals surface area contributed by atoms with Gasteiger partial charge in [-0.25, -0.2) is 0 Å². The molecule has 1 aliphatic rings. The van der Waals surface area contributed by atoms with Crippen LogP contribution in [0.4, 0.5) is 17.1 Å². The van der Waals surface area contributed by atoms with Gasteiger partial charge in [0.25, 0.3) is 0 Å². The number of hydrogen-bond donors (Lipinski definition) is 2.